The van der Waals surface area contributed by atoms with Gasteiger partial charge in [0.15, 0.2) is 0 Å². The van der Waals surface area contributed by atoms with Crippen molar-refractivity contribution in [3.8, 4) is 0 Å². The Balaban J connectivity index is 2.24. The number of aromatic nitrogens is 2. The summed E-state index contributed by atoms with van der Waals surface area (Å²) in [6.45, 7) is 3.33. The molecule has 0 amide bonds. The van der Waals surface area contributed by atoms with Gasteiger partial charge in [0.1, 0.15) is 16.2 Å². The highest BCUT2D eigenvalue weighted by molar-refractivity contribution is 9.10. The van der Waals surface area contributed by atoms with Crippen LogP contribution in [0.15, 0.2) is 10.7 Å². The number of rotatable bonds is 4. The number of aliphatic hydroxyl groups excluding tert-OH is 1. The maximum Gasteiger partial charge on any atom is 0.133 e. The second kappa shape index (κ2) is 6.48. The number of aryl methyl sites for hydroxylation is 1. The second-order valence-electron chi connectivity index (χ2n) is 4.67. The minimum absolute atomic E-state index is 0.244. The summed E-state index contributed by atoms with van der Waals surface area (Å²) in [4.78, 5) is 11.3. The van der Waals surface area contributed by atoms with Crippen LogP contribution in [0.4, 0.5) is 5.82 Å². The Morgan fingerprint density at radius 3 is 3.00 bits per heavy atom. The number of hydrogen-bond acceptors (Lipinski definition) is 4. The number of anilines is 1. The van der Waals surface area contributed by atoms with Gasteiger partial charge >= 0.3 is 0 Å². The van der Waals surface area contributed by atoms with Crippen molar-refractivity contribution in [3.05, 3.63) is 16.5 Å². The van der Waals surface area contributed by atoms with Crippen molar-refractivity contribution in [3.63, 3.8) is 0 Å². The molecule has 1 fully saturated rings. The highest BCUT2D eigenvalue weighted by Crippen LogP contribution is 2.26. The molecule has 1 aliphatic rings. The smallest absolute Gasteiger partial charge is 0.133 e. The number of nitrogens with zero attached hydrogens (tertiary/aromatic N) is 3. The van der Waals surface area contributed by atoms with E-state index in [0.717, 1.165) is 42.1 Å². The number of aliphatic hydroxyl groups is 1. The first kappa shape index (κ1) is 13.7. The molecule has 2 rings (SSSR count). The molecule has 4 nitrogen and oxygen atoms in total. The molecule has 0 bridgehead atoms. The Bertz CT molecular complexity index is 398. The van der Waals surface area contributed by atoms with E-state index in [1.807, 2.05) is 6.07 Å². The lowest BCUT2D eigenvalue weighted by Crippen LogP contribution is -2.40. The molecule has 18 heavy (non-hydrogen) atoms. The number of piperidine rings is 1. The third kappa shape index (κ3) is 3.20. The second-order valence-corrected chi connectivity index (χ2v) is 5.49. The molecule has 0 saturated carbocycles. The molecular weight excluding hydrogens is 294 g/mol. The maximum absolute atomic E-state index is 9.17. The fourth-order valence-electron chi connectivity index (χ4n) is 2.51. The predicted molar refractivity (Wildman–Crippen MR) is 75.8 cm³/mol. The highest BCUT2D eigenvalue weighted by atomic mass is 79.9. The number of halogens is 1. The summed E-state index contributed by atoms with van der Waals surface area (Å²) in [6, 6.07) is 2.39. The Morgan fingerprint density at radius 1 is 1.44 bits per heavy atom. The minimum Gasteiger partial charge on any atom is -0.396 e. The zero-order valence-corrected chi connectivity index (χ0v) is 12.4. The molecule has 1 atom stereocenters. The SMILES string of the molecule is CCc1nc(Br)cc(N2CCCCC2CCO)n1. The van der Waals surface area contributed by atoms with E-state index < -0.39 is 0 Å². The maximum atomic E-state index is 9.17. The normalized spacial score (nSPS) is 20.2. The zero-order chi connectivity index (χ0) is 13.0. The van der Waals surface area contributed by atoms with Crippen LogP contribution in [-0.4, -0.2) is 34.3 Å². The van der Waals surface area contributed by atoms with Crippen LogP contribution < -0.4 is 4.90 Å². The summed E-state index contributed by atoms with van der Waals surface area (Å²) < 4.78 is 0.845. The van der Waals surface area contributed by atoms with E-state index in [9.17, 15) is 0 Å². The van der Waals surface area contributed by atoms with Crippen molar-refractivity contribution in [1.82, 2.24) is 9.97 Å². The lowest BCUT2D eigenvalue weighted by molar-refractivity contribution is 0.262. The van der Waals surface area contributed by atoms with Crippen molar-refractivity contribution >= 4 is 21.7 Å². The van der Waals surface area contributed by atoms with E-state index in [1.54, 1.807) is 0 Å². The summed E-state index contributed by atoms with van der Waals surface area (Å²) in [5.74, 6) is 1.86. The summed E-state index contributed by atoms with van der Waals surface area (Å²) in [7, 11) is 0. The van der Waals surface area contributed by atoms with Gasteiger partial charge in [-0.15, -0.1) is 0 Å². The van der Waals surface area contributed by atoms with Gasteiger partial charge in [-0.1, -0.05) is 6.92 Å². The first-order valence-corrected chi connectivity index (χ1v) is 7.45. The minimum atomic E-state index is 0.244. The Labute approximate surface area is 117 Å². The quantitative estimate of drug-likeness (QED) is 0.868. The molecule has 0 radical (unpaired) electrons. The lowest BCUT2D eigenvalue weighted by Gasteiger charge is -2.36. The molecule has 1 N–H and O–H groups in total. The van der Waals surface area contributed by atoms with Crippen LogP contribution in [0, 0.1) is 0 Å². The van der Waals surface area contributed by atoms with Crippen LogP contribution in [0.25, 0.3) is 0 Å². The van der Waals surface area contributed by atoms with Crippen LogP contribution in [0.1, 0.15) is 38.4 Å². The van der Waals surface area contributed by atoms with Gasteiger partial charge < -0.3 is 10.0 Å². The van der Waals surface area contributed by atoms with Gasteiger partial charge in [0.05, 0.1) is 0 Å². The zero-order valence-electron chi connectivity index (χ0n) is 10.8. The van der Waals surface area contributed by atoms with Crippen molar-refractivity contribution in [2.45, 2.75) is 45.1 Å². The van der Waals surface area contributed by atoms with Gasteiger partial charge in [-0.3, -0.25) is 0 Å². The van der Waals surface area contributed by atoms with Crippen LogP contribution >= 0.6 is 15.9 Å². The average molecular weight is 314 g/mol. The van der Waals surface area contributed by atoms with E-state index in [2.05, 4.69) is 37.7 Å². The van der Waals surface area contributed by atoms with Gasteiger partial charge in [-0.05, 0) is 41.6 Å². The van der Waals surface area contributed by atoms with E-state index in [4.69, 9.17) is 5.11 Å². The molecule has 0 aromatic carbocycles. The van der Waals surface area contributed by atoms with Gasteiger partial charge in [0.25, 0.3) is 0 Å². The van der Waals surface area contributed by atoms with Crippen molar-refractivity contribution in [2.75, 3.05) is 18.1 Å². The molecule has 5 heteroatoms. The largest absolute Gasteiger partial charge is 0.396 e. The fraction of sp³-hybridized carbons (Fsp3) is 0.692. The Kier molecular flexibility index (Phi) is 4.95. The molecule has 1 unspecified atom stereocenters. The third-order valence-electron chi connectivity index (χ3n) is 3.43. The summed E-state index contributed by atoms with van der Waals surface area (Å²) in [6.07, 6.45) is 5.25. The van der Waals surface area contributed by atoms with Gasteiger partial charge in [-0.2, -0.15) is 0 Å². The van der Waals surface area contributed by atoms with Crippen LogP contribution in [0.5, 0.6) is 0 Å². The van der Waals surface area contributed by atoms with E-state index in [1.165, 1.54) is 12.8 Å². The summed E-state index contributed by atoms with van der Waals surface area (Å²) in [5.41, 5.74) is 0. The molecule has 0 spiro atoms. The first-order valence-electron chi connectivity index (χ1n) is 6.65. The molecule has 1 aliphatic heterocycles. The van der Waals surface area contributed by atoms with Crippen molar-refractivity contribution in [2.24, 2.45) is 0 Å². The van der Waals surface area contributed by atoms with Crippen LogP contribution in [0.2, 0.25) is 0 Å². The molecule has 100 valence electrons. The van der Waals surface area contributed by atoms with Crippen molar-refractivity contribution in [1.29, 1.82) is 0 Å². The lowest BCUT2D eigenvalue weighted by atomic mass is 10.00. The van der Waals surface area contributed by atoms with Gasteiger partial charge in [-0.25, -0.2) is 9.97 Å². The summed E-state index contributed by atoms with van der Waals surface area (Å²) >= 11 is 3.45. The topological polar surface area (TPSA) is 49.2 Å². The molecule has 1 saturated heterocycles. The van der Waals surface area contributed by atoms with Crippen LogP contribution in [-0.2, 0) is 6.42 Å². The molecule has 1 aromatic rings. The monoisotopic (exact) mass is 313 g/mol. The van der Waals surface area contributed by atoms with Crippen molar-refractivity contribution < 1.29 is 5.11 Å². The predicted octanol–water partition coefficient (Wildman–Crippen LogP) is 2.54. The van der Waals surface area contributed by atoms with E-state index in [0.29, 0.717) is 6.04 Å². The Hall–Kier alpha value is -0.680. The van der Waals surface area contributed by atoms with E-state index in [-0.39, 0.29) is 6.61 Å². The average Bonchev–Trinajstić information content (AvgIpc) is 2.39. The third-order valence-corrected chi connectivity index (χ3v) is 3.83. The molecule has 1 aromatic heterocycles. The van der Waals surface area contributed by atoms with Gasteiger partial charge in [0.2, 0.25) is 0 Å². The standard InChI is InChI=1S/C13H20BrN3O/c1-2-12-15-11(14)9-13(16-12)17-7-4-3-5-10(17)6-8-18/h9-10,18H,2-8H2,1H3. The van der Waals surface area contributed by atoms with Crippen LogP contribution in [0.3, 0.4) is 0 Å². The Morgan fingerprint density at radius 2 is 2.28 bits per heavy atom. The highest BCUT2D eigenvalue weighted by Gasteiger charge is 2.23. The summed E-state index contributed by atoms with van der Waals surface area (Å²) in [5, 5.41) is 9.17. The van der Waals surface area contributed by atoms with Gasteiger partial charge in [0, 0.05) is 31.7 Å². The van der Waals surface area contributed by atoms with E-state index >= 15 is 0 Å². The molecular formula is C13H20BrN3O. The fourth-order valence-corrected chi connectivity index (χ4v) is 2.92. The molecule has 2 heterocycles. The number of hydrogen-bond donors (Lipinski definition) is 1. The molecule has 0 aliphatic carbocycles. The first-order chi connectivity index (χ1) is 8.74.